The van der Waals surface area contributed by atoms with Gasteiger partial charge in [0.1, 0.15) is 0 Å². The summed E-state index contributed by atoms with van der Waals surface area (Å²) in [4.78, 5) is 11.5. The minimum Gasteiger partial charge on any atom is -0.355 e. The molecule has 1 aliphatic rings. The van der Waals surface area contributed by atoms with Crippen molar-refractivity contribution < 1.29 is 4.79 Å². The highest BCUT2D eigenvalue weighted by molar-refractivity contribution is 7.99. The van der Waals surface area contributed by atoms with Crippen LogP contribution in [0.5, 0.6) is 0 Å². The van der Waals surface area contributed by atoms with E-state index < -0.39 is 0 Å². The zero-order valence-corrected chi connectivity index (χ0v) is 9.64. The molecule has 0 saturated carbocycles. The van der Waals surface area contributed by atoms with Crippen LogP contribution in [0.4, 0.5) is 0 Å². The number of rotatable bonds is 1. The van der Waals surface area contributed by atoms with Crippen molar-refractivity contribution in [2.45, 2.75) is 18.6 Å². The van der Waals surface area contributed by atoms with Gasteiger partial charge in [0.05, 0.1) is 0 Å². The van der Waals surface area contributed by atoms with Crippen LogP contribution in [0.25, 0.3) is 0 Å². The number of amides is 1. The summed E-state index contributed by atoms with van der Waals surface area (Å²) in [6.07, 6.45) is 0.607. The van der Waals surface area contributed by atoms with E-state index in [1.807, 2.05) is 23.9 Å². The lowest BCUT2D eigenvalue weighted by Crippen LogP contribution is -2.23. The van der Waals surface area contributed by atoms with Crippen molar-refractivity contribution in [2.75, 3.05) is 12.3 Å². The largest absolute Gasteiger partial charge is 0.355 e. The summed E-state index contributed by atoms with van der Waals surface area (Å²) in [7, 11) is 0. The molecule has 80 valence electrons. The van der Waals surface area contributed by atoms with Gasteiger partial charge in [0.15, 0.2) is 0 Å². The van der Waals surface area contributed by atoms with Crippen LogP contribution < -0.4 is 5.32 Å². The van der Waals surface area contributed by atoms with Crippen molar-refractivity contribution in [3.8, 4) is 0 Å². The summed E-state index contributed by atoms with van der Waals surface area (Å²) >= 11 is 1.87. The van der Waals surface area contributed by atoms with E-state index >= 15 is 0 Å². The highest BCUT2D eigenvalue weighted by Crippen LogP contribution is 2.34. The van der Waals surface area contributed by atoms with Crippen LogP contribution in [0.2, 0.25) is 0 Å². The predicted octanol–water partition coefficient (Wildman–Crippen LogP) is 2.29. The van der Waals surface area contributed by atoms with Crippen molar-refractivity contribution in [3.05, 3.63) is 35.4 Å². The Bertz CT molecular complexity index is 364. The molecule has 1 aromatic rings. The number of nitrogens with one attached hydrogen (secondary N) is 1. The molecule has 0 bridgehead atoms. The van der Waals surface area contributed by atoms with E-state index in [1.165, 1.54) is 11.1 Å². The van der Waals surface area contributed by atoms with Gasteiger partial charge in [0.25, 0.3) is 0 Å². The second-order valence-electron chi connectivity index (χ2n) is 3.77. The number of hydrogen-bond acceptors (Lipinski definition) is 2. The molecule has 0 aromatic heterocycles. The van der Waals surface area contributed by atoms with Gasteiger partial charge in [-0.3, -0.25) is 4.79 Å². The van der Waals surface area contributed by atoms with Crippen LogP contribution in [0.15, 0.2) is 24.3 Å². The average molecular weight is 221 g/mol. The smallest absolute Gasteiger partial charge is 0.221 e. The van der Waals surface area contributed by atoms with Gasteiger partial charge in [-0.1, -0.05) is 24.3 Å². The topological polar surface area (TPSA) is 29.1 Å². The van der Waals surface area contributed by atoms with E-state index in [-0.39, 0.29) is 5.91 Å². The second kappa shape index (κ2) is 4.71. The molecule has 1 amide bonds. The first kappa shape index (κ1) is 10.6. The number of thioether (sulfide) groups is 1. The summed E-state index contributed by atoms with van der Waals surface area (Å²) in [5.41, 5.74) is 2.59. The van der Waals surface area contributed by atoms with Gasteiger partial charge >= 0.3 is 0 Å². The number of benzene rings is 1. The molecule has 0 unspecified atom stereocenters. The quantitative estimate of drug-likeness (QED) is 0.788. The molecule has 1 atom stereocenters. The third kappa shape index (κ3) is 2.53. The maximum atomic E-state index is 11.5. The Morgan fingerprint density at radius 2 is 2.20 bits per heavy atom. The first-order valence-electron chi connectivity index (χ1n) is 5.21. The van der Waals surface area contributed by atoms with Crippen LogP contribution in [0.3, 0.4) is 0 Å². The van der Waals surface area contributed by atoms with E-state index in [0.29, 0.717) is 11.7 Å². The molecular formula is C12H15NOS. The third-order valence-electron chi connectivity index (χ3n) is 2.65. The zero-order valence-electron chi connectivity index (χ0n) is 8.82. The van der Waals surface area contributed by atoms with Gasteiger partial charge in [0, 0.05) is 24.0 Å². The molecule has 0 aliphatic carbocycles. The van der Waals surface area contributed by atoms with Crippen LogP contribution >= 0.6 is 11.8 Å². The van der Waals surface area contributed by atoms with Crippen LogP contribution in [0.1, 0.15) is 22.8 Å². The standard InChI is InChI=1S/C12H15NOS/c1-9-4-2-3-5-10(9)11-8-12(14)13-6-7-15-11/h2-5,11H,6-8H2,1H3,(H,13,14)/t11-/m0/s1. The fourth-order valence-electron chi connectivity index (χ4n) is 1.84. The Morgan fingerprint density at radius 3 is 3.00 bits per heavy atom. The molecule has 0 radical (unpaired) electrons. The van der Waals surface area contributed by atoms with Crippen LogP contribution in [0, 0.1) is 6.92 Å². The number of carbonyl (C=O) groups excluding carboxylic acids is 1. The van der Waals surface area contributed by atoms with Crippen molar-refractivity contribution in [1.82, 2.24) is 5.32 Å². The van der Waals surface area contributed by atoms with Gasteiger partial charge in [-0.25, -0.2) is 0 Å². The predicted molar refractivity (Wildman–Crippen MR) is 64.0 cm³/mol. The monoisotopic (exact) mass is 221 g/mol. The van der Waals surface area contributed by atoms with Crippen LogP contribution in [-0.4, -0.2) is 18.2 Å². The van der Waals surface area contributed by atoms with Gasteiger partial charge in [-0.15, -0.1) is 0 Å². The molecule has 1 saturated heterocycles. The fraction of sp³-hybridized carbons (Fsp3) is 0.417. The summed E-state index contributed by atoms with van der Waals surface area (Å²) in [5, 5.41) is 3.23. The third-order valence-corrected chi connectivity index (χ3v) is 3.91. The van der Waals surface area contributed by atoms with Crippen molar-refractivity contribution in [3.63, 3.8) is 0 Å². The Kier molecular flexibility index (Phi) is 3.31. The molecule has 3 heteroatoms. The van der Waals surface area contributed by atoms with E-state index in [2.05, 4.69) is 24.4 Å². The number of hydrogen-bond donors (Lipinski definition) is 1. The Hall–Kier alpha value is -0.960. The van der Waals surface area contributed by atoms with Crippen molar-refractivity contribution in [1.29, 1.82) is 0 Å². The molecule has 2 nitrogen and oxygen atoms in total. The Balaban J connectivity index is 2.22. The van der Waals surface area contributed by atoms with E-state index in [0.717, 1.165) is 12.3 Å². The van der Waals surface area contributed by atoms with Crippen LogP contribution in [-0.2, 0) is 4.79 Å². The summed E-state index contributed by atoms with van der Waals surface area (Å²) in [6, 6.07) is 8.33. The van der Waals surface area contributed by atoms with Gasteiger partial charge < -0.3 is 5.32 Å². The maximum Gasteiger partial charge on any atom is 0.221 e. The zero-order chi connectivity index (χ0) is 10.7. The molecule has 2 rings (SSSR count). The number of carbonyl (C=O) groups is 1. The SMILES string of the molecule is Cc1ccccc1[C@@H]1CC(=O)NCCS1. The molecule has 0 spiro atoms. The summed E-state index contributed by atoms with van der Waals surface area (Å²) in [5.74, 6) is 1.18. The van der Waals surface area contributed by atoms with Gasteiger partial charge in [-0.2, -0.15) is 11.8 Å². The molecule has 1 aliphatic heterocycles. The molecule has 1 N–H and O–H groups in total. The summed E-state index contributed by atoms with van der Waals surface area (Å²) in [6.45, 7) is 2.91. The van der Waals surface area contributed by atoms with Crippen molar-refractivity contribution >= 4 is 17.7 Å². The lowest BCUT2D eigenvalue weighted by Gasteiger charge is -2.15. The number of aryl methyl sites for hydroxylation is 1. The lowest BCUT2D eigenvalue weighted by atomic mass is 10.0. The fourth-order valence-corrected chi connectivity index (χ4v) is 3.06. The maximum absolute atomic E-state index is 11.5. The van der Waals surface area contributed by atoms with E-state index in [9.17, 15) is 4.79 Å². The summed E-state index contributed by atoms with van der Waals surface area (Å²) < 4.78 is 0. The highest BCUT2D eigenvalue weighted by Gasteiger charge is 2.20. The highest BCUT2D eigenvalue weighted by atomic mass is 32.2. The first-order chi connectivity index (χ1) is 7.27. The molecule has 1 fully saturated rings. The Labute approximate surface area is 94.4 Å². The second-order valence-corrected chi connectivity index (χ2v) is 5.08. The normalized spacial score (nSPS) is 21.9. The minimum absolute atomic E-state index is 0.174. The van der Waals surface area contributed by atoms with E-state index in [1.54, 1.807) is 0 Å². The van der Waals surface area contributed by atoms with Gasteiger partial charge in [0.2, 0.25) is 5.91 Å². The first-order valence-corrected chi connectivity index (χ1v) is 6.26. The molecule has 1 aromatic carbocycles. The molecular weight excluding hydrogens is 206 g/mol. The van der Waals surface area contributed by atoms with E-state index in [4.69, 9.17) is 0 Å². The lowest BCUT2D eigenvalue weighted by molar-refractivity contribution is -0.120. The van der Waals surface area contributed by atoms with Gasteiger partial charge in [-0.05, 0) is 18.1 Å². The Morgan fingerprint density at radius 1 is 1.40 bits per heavy atom. The van der Waals surface area contributed by atoms with Crippen molar-refractivity contribution in [2.24, 2.45) is 0 Å². The molecule has 15 heavy (non-hydrogen) atoms. The molecule has 1 heterocycles. The average Bonchev–Trinajstić information content (AvgIpc) is 2.43. The minimum atomic E-state index is 0.174.